The highest BCUT2D eigenvalue weighted by Crippen LogP contribution is 2.28. The van der Waals surface area contributed by atoms with E-state index in [1.165, 1.54) is 22.7 Å². The van der Waals surface area contributed by atoms with Crippen molar-refractivity contribution in [2.45, 2.75) is 50.1 Å². The summed E-state index contributed by atoms with van der Waals surface area (Å²) < 4.78 is 25.9. The molecule has 0 bridgehead atoms. The molecule has 2 saturated carbocycles. The van der Waals surface area contributed by atoms with Crippen LogP contribution in [0.4, 0.5) is 0 Å². The van der Waals surface area contributed by atoms with Crippen molar-refractivity contribution in [3.8, 4) is 0 Å². The van der Waals surface area contributed by atoms with Crippen LogP contribution in [-0.4, -0.2) is 31.9 Å². The average molecular weight is 294 g/mol. The van der Waals surface area contributed by atoms with Gasteiger partial charge in [-0.25, -0.2) is 12.7 Å². The van der Waals surface area contributed by atoms with E-state index in [0.717, 1.165) is 24.9 Å². The van der Waals surface area contributed by atoms with Crippen LogP contribution in [0.1, 0.15) is 36.8 Å². The van der Waals surface area contributed by atoms with Crippen LogP contribution in [0, 0.1) is 0 Å². The zero-order chi connectivity index (χ0) is 14.2. The average Bonchev–Trinajstić information content (AvgIpc) is 3.29. The van der Waals surface area contributed by atoms with Gasteiger partial charge in [0, 0.05) is 25.7 Å². The first-order chi connectivity index (χ1) is 9.54. The van der Waals surface area contributed by atoms with Gasteiger partial charge < -0.3 is 5.32 Å². The molecule has 0 amide bonds. The summed E-state index contributed by atoms with van der Waals surface area (Å²) in [4.78, 5) is 0. The number of nitrogens with zero attached hydrogens (tertiary/aromatic N) is 1. The third kappa shape index (κ3) is 3.59. The molecule has 4 nitrogen and oxygen atoms in total. The molecule has 1 aromatic rings. The predicted molar refractivity (Wildman–Crippen MR) is 79.7 cm³/mol. The fraction of sp³-hybridized carbons (Fsp3) is 0.600. The Balaban J connectivity index is 1.58. The van der Waals surface area contributed by atoms with Crippen molar-refractivity contribution in [2.24, 2.45) is 0 Å². The minimum absolute atomic E-state index is 0.107. The number of hydrogen-bond acceptors (Lipinski definition) is 3. The molecule has 0 saturated heterocycles. The van der Waals surface area contributed by atoms with Crippen LogP contribution in [0.5, 0.6) is 0 Å². The number of benzene rings is 1. The molecule has 20 heavy (non-hydrogen) atoms. The van der Waals surface area contributed by atoms with Gasteiger partial charge in [0.15, 0.2) is 0 Å². The second kappa shape index (κ2) is 5.47. The topological polar surface area (TPSA) is 49.4 Å². The molecule has 0 aliphatic heterocycles. The van der Waals surface area contributed by atoms with Crippen molar-refractivity contribution in [1.82, 2.24) is 9.62 Å². The van der Waals surface area contributed by atoms with E-state index < -0.39 is 10.0 Å². The largest absolute Gasteiger partial charge is 0.310 e. The molecule has 0 heterocycles. The van der Waals surface area contributed by atoms with E-state index in [4.69, 9.17) is 0 Å². The summed E-state index contributed by atoms with van der Waals surface area (Å²) in [6.45, 7) is 0.875. The Labute approximate surface area is 121 Å². The van der Waals surface area contributed by atoms with Gasteiger partial charge in [-0.1, -0.05) is 24.3 Å². The molecule has 2 aliphatic rings. The molecule has 2 aliphatic carbocycles. The second-order valence-electron chi connectivity index (χ2n) is 5.98. The van der Waals surface area contributed by atoms with Crippen LogP contribution in [0.15, 0.2) is 24.3 Å². The van der Waals surface area contributed by atoms with Crippen LogP contribution in [-0.2, 0) is 22.3 Å². The first kappa shape index (κ1) is 14.0. The number of rotatable bonds is 7. The molecule has 0 spiro atoms. The van der Waals surface area contributed by atoms with Crippen LogP contribution >= 0.6 is 0 Å². The lowest BCUT2D eigenvalue weighted by Gasteiger charge is -2.16. The van der Waals surface area contributed by atoms with Gasteiger partial charge in [0.1, 0.15) is 0 Å². The normalized spacial score (nSPS) is 19.5. The third-order valence-corrected chi connectivity index (χ3v) is 5.92. The summed E-state index contributed by atoms with van der Waals surface area (Å²) in [5.74, 6) is 0.107. The van der Waals surface area contributed by atoms with E-state index in [1.807, 2.05) is 24.3 Å². The molecule has 1 aromatic carbocycles. The zero-order valence-electron chi connectivity index (χ0n) is 11.9. The SMILES string of the molecule is CN(C1CC1)S(=O)(=O)Cc1ccc(CNC2CC2)cc1. The number of sulfonamides is 1. The third-order valence-electron chi connectivity index (χ3n) is 4.04. The molecule has 3 rings (SSSR count). The summed E-state index contributed by atoms with van der Waals surface area (Å²) in [7, 11) is -1.47. The molecule has 5 heteroatoms. The van der Waals surface area contributed by atoms with Gasteiger partial charge in [-0.2, -0.15) is 0 Å². The molecular formula is C15H22N2O2S. The Morgan fingerprint density at radius 1 is 1.10 bits per heavy atom. The van der Waals surface area contributed by atoms with E-state index in [-0.39, 0.29) is 11.8 Å². The Kier molecular flexibility index (Phi) is 3.84. The number of nitrogens with one attached hydrogen (secondary N) is 1. The molecule has 110 valence electrons. The van der Waals surface area contributed by atoms with Gasteiger partial charge in [0.2, 0.25) is 10.0 Å². The summed E-state index contributed by atoms with van der Waals surface area (Å²) in [6.07, 6.45) is 4.57. The van der Waals surface area contributed by atoms with Gasteiger partial charge in [0.05, 0.1) is 5.75 Å². The van der Waals surface area contributed by atoms with Gasteiger partial charge in [-0.3, -0.25) is 0 Å². The molecule has 0 radical (unpaired) electrons. The lowest BCUT2D eigenvalue weighted by atomic mass is 10.1. The maximum atomic E-state index is 12.2. The highest BCUT2D eigenvalue weighted by Gasteiger charge is 2.33. The Bertz CT molecular complexity index is 560. The van der Waals surface area contributed by atoms with E-state index in [2.05, 4.69) is 5.32 Å². The zero-order valence-corrected chi connectivity index (χ0v) is 12.7. The summed E-state index contributed by atoms with van der Waals surface area (Å²) in [5.41, 5.74) is 2.08. The summed E-state index contributed by atoms with van der Waals surface area (Å²) in [5, 5.41) is 3.46. The van der Waals surface area contributed by atoms with Crippen molar-refractivity contribution < 1.29 is 8.42 Å². The van der Waals surface area contributed by atoms with E-state index in [1.54, 1.807) is 7.05 Å². The fourth-order valence-electron chi connectivity index (χ4n) is 2.28. The monoisotopic (exact) mass is 294 g/mol. The van der Waals surface area contributed by atoms with Crippen molar-refractivity contribution in [3.05, 3.63) is 35.4 Å². The smallest absolute Gasteiger partial charge is 0.218 e. The van der Waals surface area contributed by atoms with E-state index >= 15 is 0 Å². The first-order valence-electron chi connectivity index (χ1n) is 7.31. The summed E-state index contributed by atoms with van der Waals surface area (Å²) >= 11 is 0. The molecular weight excluding hydrogens is 272 g/mol. The van der Waals surface area contributed by atoms with Crippen molar-refractivity contribution in [2.75, 3.05) is 7.05 Å². The standard InChI is InChI=1S/C15H22N2O2S/c1-17(15-8-9-15)20(18,19)11-13-4-2-12(3-5-13)10-16-14-6-7-14/h2-5,14-16H,6-11H2,1H3. The molecule has 0 aromatic heterocycles. The Morgan fingerprint density at radius 2 is 1.70 bits per heavy atom. The van der Waals surface area contributed by atoms with E-state index in [0.29, 0.717) is 6.04 Å². The van der Waals surface area contributed by atoms with Gasteiger partial charge in [0.25, 0.3) is 0 Å². The Hall–Kier alpha value is -0.910. The fourth-order valence-corrected chi connectivity index (χ4v) is 3.76. The van der Waals surface area contributed by atoms with Gasteiger partial charge >= 0.3 is 0 Å². The molecule has 0 unspecified atom stereocenters. The predicted octanol–water partition coefficient (Wildman–Crippen LogP) is 1.86. The quantitative estimate of drug-likeness (QED) is 0.835. The second-order valence-corrected chi connectivity index (χ2v) is 8.00. The lowest BCUT2D eigenvalue weighted by molar-refractivity contribution is 0.463. The molecule has 1 N–H and O–H groups in total. The van der Waals surface area contributed by atoms with E-state index in [9.17, 15) is 8.42 Å². The van der Waals surface area contributed by atoms with Crippen LogP contribution < -0.4 is 5.32 Å². The van der Waals surface area contributed by atoms with Gasteiger partial charge in [-0.05, 0) is 36.8 Å². The van der Waals surface area contributed by atoms with Crippen molar-refractivity contribution in [3.63, 3.8) is 0 Å². The van der Waals surface area contributed by atoms with Crippen molar-refractivity contribution >= 4 is 10.0 Å². The maximum Gasteiger partial charge on any atom is 0.218 e. The lowest BCUT2D eigenvalue weighted by Crippen LogP contribution is -2.30. The van der Waals surface area contributed by atoms with Crippen molar-refractivity contribution in [1.29, 1.82) is 0 Å². The van der Waals surface area contributed by atoms with Crippen LogP contribution in [0.3, 0.4) is 0 Å². The van der Waals surface area contributed by atoms with Crippen LogP contribution in [0.25, 0.3) is 0 Å². The molecule has 0 atom stereocenters. The first-order valence-corrected chi connectivity index (χ1v) is 8.92. The minimum atomic E-state index is -3.16. The summed E-state index contributed by atoms with van der Waals surface area (Å²) in [6, 6.07) is 8.85. The molecule has 2 fully saturated rings. The highest BCUT2D eigenvalue weighted by atomic mass is 32.2. The minimum Gasteiger partial charge on any atom is -0.310 e. The highest BCUT2D eigenvalue weighted by molar-refractivity contribution is 7.88. The maximum absolute atomic E-state index is 12.2. The van der Waals surface area contributed by atoms with Crippen LogP contribution in [0.2, 0.25) is 0 Å². The number of hydrogen-bond donors (Lipinski definition) is 1. The van der Waals surface area contributed by atoms with Gasteiger partial charge in [-0.15, -0.1) is 0 Å². The Morgan fingerprint density at radius 3 is 2.25 bits per heavy atom.